The average Bonchev–Trinajstić information content (AvgIpc) is 2.73. The zero-order valence-corrected chi connectivity index (χ0v) is 16.6. The summed E-state index contributed by atoms with van der Waals surface area (Å²) in [5.74, 6) is -0.699. The van der Waals surface area contributed by atoms with E-state index in [0.29, 0.717) is 11.3 Å². The molecule has 10 heteroatoms. The summed E-state index contributed by atoms with van der Waals surface area (Å²) in [7, 11) is 2.83. The number of ether oxygens (including phenoxy) is 1. The lowest BCUT2D eigenvalue weighted by Crippen LogP contribution is -2.40. The molecule has 10 nitrogen and oxygen atoms in total. The maximum atomic E-state index is 13.0. The quantitative estimate of drug-likeness (QED) is 0.269. The standard InChI is InChI=1S/C20H18N4O6/c1-5-10-30-19(26)14-11(2)21-17-16(18(25)23(4)20(27)22(17)3)15(14)12-6-8-13(9-7-12)24(28)29/h5-9H,1,10H2,2-4H3/p+1. The van der Waals surface area contributed by atoms with Crippen LogP contribution in [-0.4, -0.2) is 26.6 Å². The van der Waals surface area contributed by atoms with Crippen molar-refractivity contribution in [3.05, 3.63) is 79.1 Å². The number of nitro groups is 1. The van der Waals surface area contributed by atoms with E-state index in [-0.39, 0.29) is 34.5 Å². The first kappa shape index (κ1) is 20.6. The molecule has 0 unspecified atom stereocenters. The zero-order chi connectivity index (χ0) is 22.2. The van der Waals surface area contributed by atoms with Crippen LogP contribution in [0.25, 0.3) is 22.2 Å². The van der Waals surface area contributed by atoms with Gasteiger partial charge >= 0.3 is 11.7 Å². The SMILES string of the molecule is C=CCOC(=O)c1c(C)[nH+]c2c(c1-c1ccc([N+](=O)[O-])cc1)c(=O)n(C)c(=O)n2C. The van der Waals surface area contributed by atoms with E-state index in [9.17, 15) is 24.5 Å². The number of carbonyl (C=O) groups excluding carboxylic acids is 1. The predicted molar refractivity (Wildman–Crippen MR) is 108 cm³/mol. The molecule has 30 heavy (non-hydrogen) atoms. The first-order valence-corrected chi connectivity index (χ1v) is 8.87. The number of H-pyrrole nitrogens is 1. The van der Waals surface area contributed by atoms with Crippen LogP contribution in [0.2, 0.25) is 0 Å². The Balaban J connectivity index is 2.50. The second-order valence-corrected chi connectivity index (χ2v) is 6.62. The van der Waals surface area contributed by atoms with E-state index in [4.69, 9.17) is 4.74 Å². The Morgan fingerprint density at radius 2 is 1.87 bits per heavy atom. The number of fused-ring (bicyclic) bond motifs is 1. The molecule has 0 fully saturated rings. The Kier molecular flexibility index (Phi) is 5.33. The Morgan fingerprint density at radius 1 is 1.23 bits per heavy atom. The number of esters is 1. The van der Waals surface area contributed by atoms with Crippen molar-refractivity contribution < 1.29 is 19.4 Å². The topological polar surface area (TPSA) is 128 Å². The molecule has 3 aromatic rings. The molecule has 0 saturated heterocycles. The summed E-state index contributed by atoms with van der Waals surface area (Å²) in [4.78, 5) is 51.6. The number of benzene rings is 1. The summed E-state index contributed by atoms with van der Waals surface area (Å²) in [6, 6.07) is 5.44. The molecule has 1 N–H and O–H groups in total. The van der Waals surface area contributed by atoms with Gasteiger partial charge in [-0.3, -0.25) is 14.9 Å². The molecular formula is C20H19N4O6+. The smallest absolute Gasteiger partial charge is 0.417 e. The second-order valence-electron chi connectivity index (χ2n) is 6.62. The second kappa shape index (κ2) is 7.74. The molecule has 154 valence electrons. The number of aromatic amines is 1. The Hall–Kier alpha value is -4.08. The molecule has 0 saturated carbocycles. The normalized spacial score (nSPS) is 10.8. The lowest BCUT2D eigenvalue weighted by Gasteiger charge is -2.13. The molecule has 0 aliphatic carbocycles. The third-order valence-electron chi connectivity index (χ3n) is 4.75. The Morgan fingerprint density at radius 3 is 2.43 bits per heavy atom. The number of pyridine rings is 1. The van der Waals surface area contributed by atoms with E-state index < -0.39 is 22.1 Å². The van der Waals surface area contributed by atoms with Crippen molar-refractivity contribution in [1.29, 1.82) is 0 Å². The molecule has 0 aliphatic heterocycles. The Labute approximate surface area is 169 Å². The molecule has 0 bridgehead atoms. The summed E-state index contributed by atoms with van der Waals surface area (Å²) in [6.45, 7) is 5.08. The number of carbonyl (C=O) groups is 1. The number of aryl methyl sites for hydroxylation is 2. The molecule has 3 rings (SSSR count). The van der Waals surface area contributed by atoms with Crippen LogP contribution < -0.4 is 16.2 Å². The molecule has 0 amide bonds. The molecule has 2 heterocycles. The van der Waals surface area contributed by atoms with E-state index in [1.54, 1.807) is 6.92 Å². The fourth-order valence-electron chi connectivity index (χ4n) is 3.27. The molecule has 2 aromatic heterocycles. The van der Waals surface area contributed by atoms with Gasteiger partial charge in [-0.05, 0) is 24.6 Å². The van der Waals surface area contributed by atoms with Crippen molar-refractivity contribution in [2.24, 2.45) is 14.1 Å². The van der Waals surface area contributed by atoms with Crippen LogP contribution in [0.3, 0.4) is 0 Å². The number of nitrogens with one attached hydrogen (secondary N) is 1. The number of nitrogens with zero attached hydrogens (tertiary/aromatic N) is 3. The predicted octanol–water partition coefficient (Wildman–Crippen LogP) is 1.28. The summed E-state index contributed by atoms with van der Waals surface area (Å²) in [5, 5.41) is 11.1. The van der Waals surface area contributed by atoms with Gasteiger partial charge in [0.2, 0.25) is 0 Å². The third-order valence-corrected chi connectivity index (χ3v) is 4.75. The van der Waals surface area contributed by atoms with Crippen molar-refractivity contribution in [2.75, 3.05) is 6.61 Å². The lowest BCUT2D eigenvalue weighted by atomic mass is 9.95. The molecule has 0 spiro atoms. The van der Waals surface area contributed by atoms with Crippen LogP contribution in [-0.2, 0) is 18.8 Å². The average molecular weight is 411 g/mol. The summed E-state index contributed by atoms with van der Waals surface area (Å²) >= 11 is 0. The minimum Gasteiger partial charge on any atom is -0.458 e. The van der Waals surface area contributed by atoms with Gasteiger partial charge in [0, 0.05) is 24.7 Å². The van der Waals surface area contributed by atoms with Gasteiger partial charge in [-0.1, -0.05) is 12.7 Å². The van der Waals surface area contributed by atoms with Crippen LogP contribution >= 0.6 is 0 Å². The van der Waals surface area contributed by atoms with Crippen molar-refractivity contribution in [3.8, 4) is 11.1 Å². The van der Waals surface area contributed by atoms with Gasteiger partial charge in [-0.2, -0.15) is 4.57 Å². The van der Waals surface area contributed by atoms with Crippen LogP contribution in [0.1, 0.15) is 16.1 Å². The van der Waals surface area contributed by atoms with Gasteiger partial charge in [-0.15, -0.1) is 0 Å². The van der Waals surface area contributed by atoms with Crippen molar-refractivity contribution in [2.45, 2.75) is 6.92 Å². The van der Waals surface area contributed by atoms with E-state index in [0.717, 1.165) is 4.57 Å². The zero-order valence-electron chi connectivity index (χ0n) is 16.6. The summed E-state index contributed by atoms with van der Waals surface area (Å²) < 4.78 is 7.38. The number of rotatable bonds is 5. The maximum absolute atomic E-state index is 13.0. The van der Waals surface area contributed by atoms with Gasteiger partial charge < -0.3 is 4.74 Å². The fraction of sp³-hybridized carbons (Fsp3) is 0.200. The van der Waals surface area contributed by atoms with E-state index in [1.807, 2.05) is 0 Å². The maximum Gasteiger partial charge on any atom is 0.417 e. The highest BCUT2D eigenvalue weighted by Gasteiger charge is 2.29. The van der Waals surface area contributed by atoms with Gasteiger partial charge in [0.1, 0.15) is 23.3 Å². The van der Waals surface area contributed by atoms with Crippen molar-refractivity contribution >= 4 is 22.7 Å². The lowest BCUT2D eigenvalue weighted by molar-refractivity contribution is -0.384. The Bertz CT molecular complexity index is 1320. The highest BCUT2D eigenvalue weighted by Crippen LogP contribution is 2.31. The van der Waals surface area contributed by atoms with Crippen molar-refractivity contribution in [1.82, 2.24) is 9.13 Å². The number of aromatic nitrogens is 3. The van der Waals surface area contributed by atoms with Crippen LogP contribution in [0.4, 0.5) is 5.69 Å². The van der Waals surface area contributed by atoms with Gasteiger partial charge in [0.05, 0.1) is 12.0 Å². The van der Waals surface area contributed by atoms with Crippen molar-refractivity contribution in [3.63, 3.8) is 0 Å². The number of hydrogen-bond acceptors (Lipinski definition) is 6. The molecule has 0 atom stereocenters. The van der Waals surface area contributed by atoms with E-state index in [2.05, 4.69) is 11.6 Å². The number of nitro benzene ring substituents is 1. The molecular weight excluding hydrogens is 392 g/mol. The summed E-state index contributed by atoms with van der Waals surface area (Å²) in [6.07, 6.45) is 1.41. The van der Waals surface area contributed by atoms with Crippen LogP contribution in [0.15, 0.2) is 46.5 Å². The van der Waals surface area contributed by atoms with Gasteiger partial charge in [0.25, 0.3) is 16.9 Å². The van der Waals surface area contributed by atoms with Gasteiger partial charge in [-0.25, -0.2) is 19.1 Å². The highest BCUT2D eigenvalue weighted by molar-refractivity contribution is 6.06. The number of hydrogen-bond donors (Lipinski definition) is 0. The van der Waals surface area contributed by atoms with Crippen LogP contribution in [0.5, 0.6) is 0 Å². The minimum atomic E-state index is -0.699. The van der Waals surface area contributed by atoms with Crippen LogP contribution in [0, 0.1) is 17.0 Å². The molecule has 1 aromatic carbocycles. The fourth-order valence-corrected chi connectivity index (χ4v) is 3.27. The number of non-ortho nitro benzene ring substituents is 1. The molecule has 0 aliphatic rings. The van der Waals surface area contributed by atoms with Gasteiger partial charge in [0.15, 0.2) is 0 Å². The van der Waals surface area contributed by atoms with E-state index in [1.165, 1.54) is 49.0 Å². The molecule has 0 radical (unpaired) electrons. The summed E-state index contributed by atoms with van der Waals surface area (Å²) in [5.41, 5.74) is -0.00429. The highest BCUT2D eigenvalue weighted by atomic mass is 16.6. The largest absolute Gasteiger partial charge is 0.458 e. The van der Waals surface area contributed by atoms with E-state index >= 15 is 0 Å². The first-order chi connectivity index (χ1) is 14.2. The third kappa shape index (κ3) is 3.28. The minimum absolute atomic E-state index is 0.0404. The monoisotopic (exact) mass is 411 g/mol. The first-order valence-electron chi connectivity index (χ1n) is 8.87.